The minimum Gasteiger partial charge on any atom is -0.494 e. The first kappa shape index (κ1) is 8.87. The van der Waals surface area contributed by atoms with E-state index in [2.05, 4.69) is 12.3 Å². The molecule has 0 aliphatic rings. The first-order chi connectivity index (χ1) is 5.86. The van der Waals surface area contributed by atoms with Gasteiger partial charge >= 0.3 is 0 Å². The lowest BCUT2D eigenvalue weighted by atomic mass is 10.3. The van der Waals surface area contributed by atoms with Gasteiger partial charge in [0.25, 0.3) is 0 Å². The molecule has 0 aliphatic heterocycles. The van der Waals surface area contributed by atoms with E-state index in [4.69, 9.17) is 10.6 Å². The van der Waals surface area contributed by atoms with Gasteiger partial charge in [-0.1, -0.05) is 6.92 Å². The first-order valence-corrected chi connectivity index (χ1v) is 4.06. The number of benzene rings is 1. The molecule has 12 heavy (non-hydrogen) atoms. The van der Waals surface area contributed by atoms with E-state index in [0.717, 1.165) is 24.5 Å². The van der Waals surface area contributed by atoms with Crippen molar-refractivity contribution in [1.82, 2.24) is 0 Å². The molecule has 0 spiro atoms. The van der Waals surface area contributed by atoms with Gasteiger partial charge in [-0.25, -0.2) is 0 Å². The van der Waals surface area contributed by atoms with Crippen molar-refractivity contribution in [2.75, 3.05) is 12.0 Å². The average molecular weight is 166 g/mol. The van der Waals surface area contributed by atoms with Crippen LogP contribution < -0.4 is 16.0 Å². The molecule has 0 heterocycles. The fraction of sp³-hybridized carbons (Fsp3) is 0.333. The summed E-state index contributed by atoms with van der Waals surface area (Å²) in [4.78, 5) is 0. The van der Waals surface area contributed by atoms with Crippen LogP contribution in [0, 0.1) is 0 Å². The zero-order valence-corrected chi connectivity index (χ0v) is 7.21. The van der Waals surface area contributed by atoms with Crippen LogP contribution in [0.4, 0.5) is 5.69 Å². The van der Waals surface area contributed by atoms with Crippen molar-refractivity contribution in [2.45, 2.75) is 13.3 Å². The first-order valence-electron chi connectivity index (χ1n) is 4.06. The molecule has 1 rings (SSSR count). The molecule has 0 amide bonds. The third kappa shape index (κ3) is 2.43. The van der Waals surface area contributed by atoms with Crippen LogP contribution >= 0.6 is 0 Å². The maximum atomic E-state index is 5.39. The summed E-state index contributed by atoms with van der Waals surface area (Å²) in [6.45, 7) is 2.84. The van der Waals surface area contributed by atoms with Crippen molar-refractivity contribution in [2.24, 2.45) is 5.84 Å². The van der Waals surface area contributed by atoms with Gasteiger partial charge in [-0.3, -0.25) is 5.84 Å². The number of hydrazine groups is 1. The summed E-state index contributed by atoms with van der Waals surface area (Å²) in [5.41, 5.74) is 3.44. The smallest absolute Gasteiger partial charge is 0.119 e. The molecular weight excluding hydrogens is 152 g/mol. The Bertz CT molecular complexity index is 220. The highest BCUT2D eigenvalue weighted by molar-refractivity contribution is 5.44. The van der Waals surface area contributed by atoms with Crippen molar-refractivity contribution in [3.63, 3.8) is 0 Å². The van der Waals surface area contributed by atoms with Crippen molar-refractivity contribution < 1.29 is 4.74 Å². The van der Waals surface area contributed by atoms with E-state index in [-0.39, 0.29) is 0 Å². The molecule has 1 aromatic rings. The molecule has 0 fully saturated rings. The monoisotopic (exact) mass is 166 g/mol. The summed E-state index contributed by atoms with van der Waals surface area (Å²) < 4.78 is 5.39. The number of nitrogen functional groups attached to an aromatic ring is 1. The fourth-order valence-electron chi connectivity index (χ4n) is 0.867. The van der Waals surface area contributed by atoms with Gasteiger partial charge in [-0.2, -0.15) is 0 Å². The average Bonchev–Trinajstić information content (AvgIpc) is 2.15. The third-order valence-electron chi connectivity index (χ3n) is 1.49. The molecular formula is C9H14N2O. The Morgan fingerprint density at radius 3 is 2.50 bits per heavy atom. The Morgan fingerprint density at radius 1 is 1.33 bits per heavy atom. The molecule has 3 heteroatoms. The largest absolute Gasteiger partial charge is 0.494 e. The summed E-state index contributed by atoms with van der Waals surface area (Å²) in [5, 5.41) is 0. The van der Waals surface area contributed by atoms with Gasteiger partial charge in [0.05, 0.1) is 6.61 Å². The second kappa shape index (κ2) is 4.62. The van der Waals surface area contributed by atoms with Crippen LogP contribution in [0.25, 0.3) is 0 Å². The number of hydrogen-bond acceptors (Lipinski definition) is 3. The van der Waals surface area contributed by atoms with Crippen LogP contribution in [0.5, 0.6) is 5.75 Å². The summed E-state index contributed by atoms with van der Waals surface area (Å²) in [5.74, 6) is 6.09. The van der Waals surface area contributed by atoms with Gasteiger partial charge in [0.1, 0.15) is 5.75 Å². The van der Waals surface area contributed by atoms with E-state index in [9.17, 15) is 0 Å². The number of nitrogens with two attached hydrogens (primary N) is 1. The maximum absolute atomic E-state index is 5.39. The van der Waals surface area contributed by atoms with Crippen molar-refractivity contribution in [3.8, 4) is 5.75 Å². The van der Waals surface area contributed by atoms with Gasteiger partial charge in [0.15, 0.2) is 0 Å². The topological polar surface area (TPSA) is 47.3 Å². The molecule has 0 aromatic heterocycles. The quantitative estimate of drug-likeness (QED) is 0.529. The van der Waals surface area contributed by atoms with Crippen LogP contribution in [0.3, 0.4) is 0 Å². The Balaban J connectivity index is 2.53. The van der Waals surface area contributed by atoms with Crippen molar-refractivity contribution in [3.05, 3.63) is 24.3 Å². The molecule has 0 atom stereocenters. The molecule has 3 N–H and O–H groups in total. The zero-order valence-electron chi connectivity index (χ0n) is 7.21. The lowest BCUT2D eigenvalue weighted by molar-refractivity contribution is 0.317. The van der Waals surface area contributed by atoms with E-state index >= 15 is 0 Å². The number of anilines is 1. The van der Waals surface area contributed by atoms with E-state index < -0.39 is 0 Å². The van der Waals surface area contributed by atoms with Crippen molar-refractivity contribution in [1.29, 1.82) is 0 Å². The van der Waals surface area contributed by atoms with Crippen LogP contribution in [0.15, 0.2) is 24.3 Å². The second-order valence-electron chi connectivity index (χ2n) is 2.52. The SMILES string of the molecule is CCCOc1ccc(NN)cc1. The molecule has 66 valence electrons. The summed E-state index contributed by atoms with van der Waals surface area (Å²) in [6, 6.07) is 7.55. The maximum Gasteiger partial charge on any atom is 0.119 e. The van der Waals surface area contributed by atoms with E-state index in [0.29, 0.717) is 0 Å². The molecule has 0 aliphatic carbocycles. The number of rotatable bonds is 4. The highest BCUT2D eigenvalue weighted by Crippen LogP contribution is 2.14. The van der Waals surface area contributed by atoms with Crippen LogP contribution in [0.1, 0.15) is 13.3 Å². The van der Waals surface area contributed by atoms with Crippen LogP contribution in [-0.2, 0) is 0 Å². The predicted octanol–water partition coefficient (Wildman–Crippen LogP) is 1.76. The predicted molar refractivity (Wildman–Crippen MR) is 50.0 cm³/mol. The van der Waals surface area contributed by atoms with Gasteiger partial charge in [0, 0.05) is 5.69 Å². The van der Waals surface area contributed by atoms with E-state index in [1.54, 1.807) is 0 Å². The Kier molecular flexibility index (Phi) is 3.41. The zero-order chi connectivity index (χ0) is 8.81. The molecule has 0 radical (unpaired) electrons. The lowest BCUT2D eigenvalue weighted by Gasteiger charge is -2.04. The lowest BCUT2D eigenvalue weighted by Crippen LogP contribution is -2.06. The fourth-order valence-corrected chi connectivity index (χ4v) is 0.867. The third-order valence-corrected chi connectivity index (χ3v) is 1.49. The van der Waals surface area contributed by atoms with Crippen LogP contribution in [-0.4, -0.2) is 6.61 Å². The Hall–Kier alpha value is -1.22. The number of hydrogen-bond donors (Lipinski definition) is 2. The second-order valence-corrected chi connectivity index (χ2v) is 2.52. The van der Waals surface area contributed by atoms with Gasteiger partial charge in [0.2, 0.25) is 0 Å². The normalized spacial score (nSPS) is 9.50. The summed E-state index contributed by atoms with van der Waals surface area (Å²) in [7, 11) is 0. The molecule has 1 aromatic carbocycles. The van der Waals surface area contributed by atoms with E-state index in [1.165, 1.54) is 0 Å². The van der Waals surface area contributed by atoms with Gasteiger partial charge in [-0.05, 0) is 30.7 Å². The molecule has 0 unspecified atom stereocenters. The highest BCUT2D eigenvalue weighted by Gasteiger charge is 1.91. The molecule has 0 bridgehead atoms. The Morgan fingerprint density at radius 2 is 2.00 bits per heavy atom. The summed E-state index contributed by atoms with van der Waals surface area (Å²) in [6.07, 6.45) is 1.02. The standard InChI is InChI=1S/C9H14N2O/c1-2-7-12-9-5-3-8(11-10)4-6-9/h3-6,11H,2,7,10H2,1H3. The number of ether oxygens (including phenoxy) is 1. The van der Waals surface area contributed by atoms with Crippen LogP contribution in [0.2, 0.25) is 0 Å². The van der Waals surface area contributed by atoms with Gasteiger partial charge in [-0.15, -0.1) is 0 Å². The van der Waals surface area contributed by atoms with E-state index in [1.807, 2.05) is 24.3 Å². The minimum absolute atomic E-state index is 0.759. The molecule has 0 saturated carbocycles. The molecule has 0 saturated heterocycles. The highest BCUT2D eigenvalue weighted by atomic mass is 16.5. The van der Waals surface area contributed by atoms with Gasteiger partial charge < -0.3 is 10.2 Å². The Labute approximate surface area is 72.5 Å². The minimum atomic E-state index is 0.759. The van der Waals surface area contributed by atoms with Crippen molar-refractivity contribution >= 4 is 5.69 Å². The molecule has 3 nitrogen and oxygen atoms in total. The summed E-state index contributed by atoms with van der Waals surface area (Å²) >= 11 is 0. The number of nitrogens with one attached hydrogen (secondary N) is 1.